The first-order valence-electron chi connectivity index (χ1n) is 17.2. The van der Waals surface area contributed by atoms with Gasteiger partial charge in [0.05, 0.1) is 5.41 Å². The highest BCUT2D eigenvalue weighted by Gasteiger charge is 2.33. The van der Waals surface area contributed by atoms with Gasteiger partial charge in [-0.15, -0.1) is 11.3 Å². The van der Waals surface area contributed by atoms with Crippen molar-refractivity contribution < 1.29 is 24.5 Å². The summed E-state index contributed by atoms with van der Waals surface area (Å²) in [4.78, 5) is 32.8. The molecule has 2 aromatic rings. The average Bonchev–Trinajstić information content (AvgIpc) is 3.50. The lowest BCUT2D eigenvalue weighted by Crippen LogP contribution is -2.41. The number of carbonyl (C=O) groups is 2. The number of allylic oxidation sites excluding steroid dienone is 1. The van der Waals surface area contributed by atoms with Crippen LogP contribution in [0.15, 0.2) is 41.9 Å². The Balaban J connectivity index is 2.29. The first kappa shape index (κ1) is 39.3. The van der Waals surface area contributed by atoms with Crippen LogP contribution in [0, 0.1) is 11.3 Å². The second-order valence-corrected chi connectivity index (χ2v) is 14.3. The SMILES string of the molecule is C=C(CCCC)N(CCCCCC)C(CC(OCC)c1nc(C(=O)NC(Cc2ccc(O)cc2)CC(C)(C)C(=O)O)cs1)C(C)C. The van der Waals surface area contributed by atoms with Crippen molar-refractivity contribution in [3.05, 3.63) is 58.2 Å². The van der Waals surface area contributed by atoms with Crippen LogP contribution in [-0.2, 0) is 16.0 Å². The number of hydrogen-bond acceptors (Lipinski definition) is 7. The fourth-order valence-electron chi connectivity index (χ4n) is 5.80. The van der Waals surface area contributed by atoms with Crippen molar-refractivity contribution in [2.24, 2.45) is 11.3 Å². The van der Waals surface area contributed by atoms with Crippen molar-refractivity contribution in [2.45, 2.75) is 131 Å². The Bertz CT molecular complexity index is 1210. The summed E-state index contributed by atoms with van der Waals surface area (Å²) in [7, 11) is 0. The van der Waals surface area contributed by atoms with Crippen molar-refractivity contribution in [2.75, 3.05) is 13.2 Å². The molecule has 1 aromatic heterocycles. The zero-order valence-electron chi connectivity index (χ0n) is 29.3. The molecule has 1 heterocycles. The molecule has 2 rings (SSSR count). The minimum Gasteiger partial charge on any atom is -0.508 e. The fourth-order valence-corrected chi connectivity index (χ4v) is 6.66. The lowest BCUT2D eigenvalue weighted by molar-refractivity contribution is -0.147. The molecular weight excluding hydrogens is 598 g/mol. The maximum atomic E-state index is 13.5. The number of aromatic nitrogens is 1. The van der Waals surface area contributed by atoms with Gasteiger partial charge in [-0.3, -0.25) is 9.59 Å². The lowest BCUT2D eigenvalue weighted by atomic mass is 9.84. The van der Waals surface area contributed by atoms with Gasteiger partial charge in [0.25, 0.3) is 5.91 Å². The Labute approximate surface area is 281 Å². The third kappa shape index (κ3) is 12.7. The maximum Gasteiger partial charge on any atom is 0.309 e. The summed E-state index contributed by atoms with van der Waals surface area (Å²) in [6.45, 7) is 20.3. The molecule has 0 spiro atoms. The van der Waals surface area contributed by atoms with Crippen molar-refractivity contribution >= 4 is 23.2 Å². The Morgan fingerprint density at radius 1 is 1.07 bits per heavy atom. The van der Waals surface area contributed by atoms with Gasteiger partial charge < -0.3 is 25.2 Å². The topological polar surface area (TPSA) is 112 Å². The van der Waals surface area contributed by atoms with Gasteiger partial charge in [-0.25, -0.2) is 4.98 Å². The smallest absolute Gasteiger partial charge is 0.309 e. The number of nitrogens with one attached hydrogen (secondary N) is 1. The molecule has 0 aliphatic heterocycles. The molecule has 3 N–H and O–H groups in total. The number of ether oxygens (including phenoxy) is 1. The first-order valence-corrected chi connectivity index (χ1v) is 18.0. The molecule has 0 aliphatic rings. The number of carboxylic acid groups (broad SMARTS) is 1. The van der Waals surface area contributed by atoms with Gasteiger partial charge in [-0.1, -0.05) is 72.1 Å². The molecule has 0 aliphatic carbocycles. The zero-order valence-corrected chi connectivity index (χ0v) is 30.1. The average molecular weight is 658 g/mol. The summed E-state index contributed by atoms with van der Waals surface area (Å²) in [5, 5.41) is 25.1. The molecule has 0 saturated carbocycles. The molecule has 8 nitrogen and oxygen atoms in total. The monoisotopic (exact) mass is 657 g/mol. The number of aliphatic carboxylic acids is 1. The van der Waals surface area contributed by atoms with E-state index in [0.29, 0.717) is 24.6 Å². The number of phenols is 1. The quantitative estimate of drug-likeness (QED) is 0.102. The van der Waals surface area contributed by atoms with Gasteiger partial charge in [0.1, 0.15) is 22.6 Å². The van der Waals surface area contributed by atoms with E-state index in [1.54, 1.807) is 43.5 Å². The van der Waals surface area contributed by atoms with Crippen LogP contribution in [0.1, 0.15) is 133 Å². The summed E-state index contributed by atoms with van der Waals surface area (Å²) >= 11 is 1.43. The molecule has 46 heavy (non-hydrogen) atoms. The number of rotatable bonds is 23. The van der Waals surface area contributed by atoms with E-state index in [0.717, 1.165) is 49.2 Å². The predicted molar refractivity (Wildman–Crippen MR) is 188 cm³/mol. The maximum absolute atomic E-state index is 13.5. The number of hydrogen-bond donors (Lipinski definition) is 3. The summed E-state index contributed by atoms with van der Waals surface area (Å²) in [5.74, 6) is -0.745. The van der Waals surface area contributed by atoms with Crippen LogP contribution in [0.4, 0.5) is 0 Å². The van der Waals surface area contributed by atoms with Crippen molar-refractivity contribution in [1.29, 1.82) is 0 Å². The summed E-state index contributed by atoms with van der Waals surface area (Å²) < 4.78 is 6.29. The molecule has 0 fully saturated rings. The van der Waals surface area contributed by atoms with E-state index in [1.807, 2.05) is 6.92 Å². The van der Waals surface area contributed by atoms with Gasteiger partial charge in [0.15, 0.2) is 0 Å². The van der Waals surface area contributed by atoms with Crippen molar-refractivity contribution in [3.63, 3.8) is 0 Å². The van der Waals surface area contributed by atoms with Crippen molar-refractivity contribution in [1.82, 2.24) is 15.2 Å². The van der Waals surface area contributed by atoms with Crippen LogP contribution in [0.25, 0.3) is 0 Å². The highest BCUT2D eigenvalue weighted by Crippen LogP contribution is 2.33. The molecule has 3 atom stereocenters. The summed E-state index contributed by atoms with van der Waals surface area (Å²) in [6, 6.07) is 6.52. The standard InChI is InChI=1S/C37H59N3O5S/c1-9-12-14-15-21-40(27(6)16-13-10-2)32(26(4)5)23-33(45-11-3)35-39-31(25-46-35)34(42)38-29(24-37(7,8)36(43)44)22-28-17-19-30(41)20-18-28/h17-20,25-26,29,32-33,41H,6,9-16,21-24H2,1-5,7-8H3,(H,38,42)(H,43,44). The van der Waals surface area contributed by atoms with Gasteiger partial charge in [-0.2, -0.15) is 0 Å². The number of thiazole rings is 1. The number of phenolic OH excluding ortho intramolecular Hbond substituents is 1. The highest BCUT2D eigenvalue weighted by atomic mass is 32.1. The Morgan fingerprint density at radius 2 is 1.74 bits per heavy atom. The van der Waals surface area contributed by atoms with Crippen molar-refractivity contribution in [3.8, 4) is 5.75 Å². The summed E-state index contributed by atoms with van der Waals surface area (Å²) in [6.07, 6.45) is 9.14. The number of carboxylic acids is 1. The van der Waals surface area contributed by atoms with Gasteiger partial charge in [0.2, 0.25) is 0 Å². The summed E-state index contributed by atoms with van der Waals surface area (Å²) in [5.41, 5.74) is 1.34. The predicted octanol–water partition coefficient (Wildman–Crippen LogP) is 8.77. The van der Waals surface area contributed by atoms with Gasteiger partial charge in [0, 0.05) is 42.7 Å². The van der Waals surface area contributed by atoms with Crippen LogP contribution in [0.3, 0.4) is 0 Å². The van der Waals surface area contributed by atoms with Crippen LogP contribution in [-0.4, -0.2) is 57.2 Å². The van der Waals surface area contributed by atoms with Crippen LogP contribution < -0.4 is 5.32 Å². The van der Waals surface area contributed by atoms with E-state index < -0.39 is 17.4 Å². The van der Waals surface area contributed by atoms with Crippen LogP contribution >= 0.6 is 11.3 Å². The largest absolute Gasteiger partial charge is 0.508 e. The number of nitrogens with zero attached hydrogens (tertiary/aromatic N) is 2. The third-order valence-electron chi connectivity index (χ3n) is 8.59. The molecule has 0 saturated heterocycles. The highest BCUT2D eigenvalue weighted by molar-refractivity contribution is 7.09. The van der Waals surface area contributed by atoms with E-state index in [9.17, 15) is 19.8 Å². The second-order valence-electron chi connectivity index (χ2n) is 13.4. The second kappa shape index (κ2) is 19.7. The lowest BCUT2D eigenvalue weighted by Gasteiger charge is -2.39. The molecule has 1 aromatic carbocycles. The number of benzene rings is 1. The first-order chi connectivity index (χ1) is 21.8. The van der Waals surface area contributed by atoms with Gasteiger partial charge in [-0.05, 0) is 76.5 Å². The number of amides is 1. The number of unbranched alkanes of at least 4 members (excludes halogenated alkanes) is 4. The molecular formula is C37H59N3O5S. The van der Waals surface area contributed by atoms with E-state index in [-0.39, 0.29) is 30.2 Å². The minimum atomic E-state index is -1.04. The van der Waals surface area contributed by atoms with E-state index in [2.05, 4.69) is 44.5 Å². The Hall–Kier alpha value is -2.91. The molecule has 0 bridgehead atoms. The van der Waals surface area contributed by atoms with Crippen LogP contribution in [0.2, 0.25) is 0 Å². The molecule has 0 radical (unpaired) electrons. The molecule has 1 amide bonds. The molecule has 258 valence electrons. The van der Waals surface area contributed by atoms with Crippen LogP contribution in [0.5, 0.6) is 5.75 Å². The Kier molecular flexibility index (Phi) is 16.8. The molecule has 3 unspecified atom stereocenters. The minimum absolute atomic E-state index is 0.152. The van der Waals surface area contributed by atoms with E-state index in [4.69, 9.17) is 9.72 Å². The number of carbonyl (C=O) groups excluding carboxylic acids is 1. The number of aromatic hydroxyl groups is 1. The Morgan fingerprint density at radius 3 is 2.33 bits per heavy atom. The zero-order chi connectivity index (χ0) is 34.3. The van der Waals surface area contributed by atoms with E-state index in [1.165, 1.54) is 36.3 Å². The molecule has 9 heteroatoms. The third-order valence-corrected chi connectivity index (χ3v) is 9.53. The fraction of sp³-hybridized carbons (Fsp3) is 0.649. The normalized spacial score (nSPS) is 13.7. The van der Waals surface area contributed by atoms with Gasteiger partial charge >= 0.3 is 5.97 Å². The van der Waals surface area contributed by atoms with E-state index >= 15 is 0 Å².